The number of hydrogen-bond acceptors (Lipinski definition) is 2. The van der Waals surface area contributed by atoms with E-state index < -0.39 is 46.7 Å². The van der Waals surface area contributed by atoms with Gasteiger partial charge in [0.15, 0.2) is 23.3 Å². The van der Waals surface area contributed by atoms with E-state index in [9.17, 15) is 22.4 Å². The van der Waals surface area contributed by atoms with Crippen molar-refractivity contribution in [2.75, 3.05) is 5.32 Å². The van der Waals surface area contributed by atoms with E-state index in [2.05, 4.69) is 0 Å². The lowest BCUT2D eigenvalue weighted by atomic mass is 9.96. The van der Waals surface area contributed by atoms with E-state index in [-0.39, 0.29) is 6.07 Å². The topological polar surface area (TPSA) is 52.9 Å². The minimum Gasteiger partial charge on any atom is -0.320 e. The molecule has 7 heteroatoms. The molecule has 1 amide bonds. The van der Waals surface area contributed by atoms with E-state index in [0.29, 0.717) is 0 Å². The minimum absolute atomic E-state index is 0.0323. The zero-order valence-electron chi connectivity index (χ0n) is 10.1. The molecule has 0 fully saturated rings. The maximum atomic E-state index is 13.3. The van der Waals surface area contributed by atoms with Crippen molar-refractivity contribution >= 4 is 11.6 Å². The summed E-state index contributed by atoms with van der Waals surface area (Å²) in [6, 6.07) is 1.68. The number of amides is 1. The highest BCUT2D eigenvalue weighted by atomic mass is 19.2. The van der Waals surface area contributed by atoms with Crippen LogP contribution in [0.1, 0.15) is 13.8 Å². The number of nitrogens with zero attached hydrogens (tertiary/aromatic N) is 1. The number of carbonyl (C=O) groups is 1. The highest BCUT2D eigenvalue weighted by Crippen LogP contribution is 2.25. The van der Waals surface area contributed by atoms with E-state index in [1.54, 1.807) is 25.2 Å². The van der Waals surface area contributed by atoms with Gasteiger partial charge in [0.05, 0.1) is 6.07 Å². The van der Waals surface area contributed by atoms with Gasteiger partial charge in [-0.1, -0.05) is 13.8 Å². The Bertz CT molecular complexity index is 525. The largest absolute Gasteiger partial charge is 0.320 e. The van der Waals surface area contributed by atoms with Crippen LogP contribution < -0.4 is 5.32 Å². The number of anilines is 1. The third kappa shape index (κ3) is 3.02. The SMILES string of the molecule is CC(C)C(C#N)C(=O)Nc1c(F)c(F)cc(F)c1F. The Balaban J connectivity index is 3.14. The van der Waals surface area contributed by atoms with E-state index in [4.69, 9.17) is 5.26 Å². The Hall–Kier alpha value is -2.10. The van der Waals surface area contributed by atoms with Crippen LogP contribution in [0.5, 0.6) is 0 Å². The van der Waals surface area contributed by atoms with E-state index >= 15 is 0 Å². The molecule has 1 N–H and O–H groups in total. The molecule has 0 radical (unpaired) electrons. The summed E-state index contributed by atoms with van der Waals surface area (Å²) in [4.78, 5) is 11.6. The highest BCUT2D eigenvalue weighted by molar-refractivity contribution is 5.94. The first-order valence-electron chi connectivity index (χ1n) is 5.33. The fraction of sp³-hybridized carbons (Fsp3) is 0.333. The van der Waals surface area contributed by atoms with Gasteiger partial charge >= 0.3 is 0 Å². The molecule has 0 bridgehead atoms. The molecule has 102 valence electrons. The summed E-state index contributed by atoms with van der Waals surface area (Å²) in [5, 5.41) is 10.4. The number of carbonyl (C=O) groups excluding carboxylic acids is 1. The first-order chi connectivity index (χ1) is 8.79. The first-order valence-corrected chi connectivity index (χ1v) is 5.33. The lowest BCUT2D eigenvalue weighted by Crippen LogP contribution is -2.27. The molecule has 0 heterocycles. The Morgan fingerprint density at radius 2 is 1.68 bits per heavy atom. The summed E-state index contributed by atoms with van der Waals surface area (Å²) in [7, 11) is 0. The average molecular weight is 274 g/mol. The fourth-order valence-electron chi connectivity index (χ4n) is 1.39. The zero-order valence-corrected chi connectivity index (χ0v) is 10.1. The Morgan fingerprint density at radius 3 is 2.05 bits per heavy atom. The summed E-state index contributed by atoms with van der Waals surface area (Å²) >= 11 is 0. The second-order valence-corrected chi connectivity index (χ2v) is 4.18. The van der Waals surface area contributed by atoms with Crippen molar-refractivity contribution < 1.29 is 22.4 Å². The van der Waals surface area contributed by atoms with Crippen molar-refractivity contribution in [1.29, 1.82) is 5.26 Å². The van der Waals surface area contributed by atoms with Crippen molar-refractivity contribution in [3.63, 3.8) is 0 Å². The standard InChI is InChI=1S/C12H10F4N2O/c1-5(2)6(4-17)12(19)18-11-9(15)7(13)3-8(14)10(11)16/h3,5-6H,1-2H3,(H,18,19). The van der Waals surface area contributed by atoms with Crippen molar-refractivity contribution in [1.82, 2.24) is 0 Å². The second-order valence-electron chi connectivity index (χ2n) is 4.18. The van der Waals surface area contributed by atoms with Gasteiger partial charge in [-0.25, -0.2) is 17.6 Å². The summed E-state index contributed by atoms with van der Waals surface area (Å²) in [6.07, 6.45) is 0. The summed E-state index contributed by atoms with van der Waals surface area (Å²) in [6.45, 7) is 3.10. The summed E-state index contributed by atoms with van der Waals surface area (Å²) in [5.74, 6) is -9.33. The molecular formula is C12H10F4N2O. The van der Waals surface area contributed by atoms with Crippen LogP contribution in [0.4, 0.5) is 23.2 Å². The minimum atomic E-state index is -1.72. The van der Waals surface area contributed by atoms with Gasteiger partial charge in [-0.3, -0.25) is 4.79 Å². The monoisotopic (exact) mass is 274 g/mol. The van der Waals surface area contributed by atoms with Gasteiger partial charge in [0.2, 0.25) is 5.91 Å². The third-order valence-corrected chi connectivity index (χ3v) is 2.45. The van der Waals surface area contributed by atoms with Crippen LogP contribution in [-0.2, 0) is 4.79 Å². The molecule has 1 unspecified atom stereocenters. The van der Waals surface area contributed by atoms with Gasteiger partial charge < -0.3 is 5.32 Å². The molecule has 1 rings (SSSR count). The molecule has 0 aromatic heterocycles. The number of benzene rings is 1. The zero-order chi connectivity index (χ0) is 14.7. The maximum Gasteiger partial charge on any atom is 0.242 e. The molecule has 0 aliphatic rings. The lowest BCUT2D eigenvalue weighted by molar-refractivity contribution is -0.119. The molecule has 3 nitrogen and oxygen atoms in total. The number of nitriles is 1. The maximum absolute atomic E-state index is 13.3. The normalized spacial score (nSPS) is 12.1. The molecule has 0 aliphatic heterocycles. The van der Waals surface area contributed by atoms with Crippen LogP contribution in [0.3, 0.4) is 0 Å². The molecule has 1 aromatic rings. The predicted octanol–water partition coefficient (Wildman–Crippen LogP) is 2.98. The number of nitrogens with one attached hydrogen (secondary N) is 1. The Labute approximate surface area is 106 Å². The number of hydrogen-bond donors (Lipinski definition) is 1. The molecule has 19 heavy (non-hydrogen) atoms. The van der Waals surface area contributed by atoms with Crippen LogP contribution in [0, 0.1) is 46.4 Å². The van der Waals surface area contributed by atoms with Crippen molar-refractivity contribution in [3.05, 3.63) is 29.3 Å². The van der Waals surface area contributed by atoms with Gasteiger partial charge in [-0.15, -0.1) is 0 Å². The molecule has 0 saturated carbocycles. The van der Waals surface area contributed by atoms with E-state index in [1.807, 2.05) is 0 Å². The number of rotatable bonds is 3. The van der Waals surface area contributed by atoms with Gasteiger partial charge in [0, 0.05) is 6.07 Å². The Morgan fingerprint density at radius 1 is 1.21 bits per heavy atom. The molecule has 0 saturated heterocycles. The van der Waals surface area contributed by atoms with Crippen LogP contribution in [-0.4, -0.2) is 5.91 Å². The van der Waals surface area contributed by atoms with Crippen molar-refractivity contribution in [2.24, 2.45) is 11.8 Å². The Kier molecular flexibility index (Phi) is 4.48. The van der Waals surface area contributed by atoms with Gasteiger partial charge in [-0.05, 0) is 5.92 Å². The number of halogens is 4. The van der Waals surface area contributed by atoms with Crippen LogP contribution >= 0.6 is 0 Å². The molecule has 1 aromatic carbocycles. The smallest absolute Gasteiger partial charge is 0.242 e. The first kappa shape index (κ1) is 15.0. The van der Waals surface area contributed by atoms with E-state index in [0.717, 1.165) is 0 Å². The summed E-state index contributed by atoms with van der Waals surface area (Å²) < 4.78 is 52.4. The summed E-state index contributed by atoms with van der Waals surface area (Å²) in [5.41, 5.74) is -1.23. The van der Waals surface area contributed by atoms with Gasteiger partial charge in [0.1, 0.15) is 11.6 Å². The van der Waals surface area contributed by atoms with Crippen LogP contribution in [0.15, 0.2) is 6.07 Å². The average Bonchev–Trinajstić information content (AvgIpc) is 2.32. The van der Waals surface area contributed by atoms with E-state index in [1.165, 1.54) is 0 Å². The van der Waals surface area contributed by atoms with Crippen molar-refractivity contribution in [2.45, 2.75) is 13.8 Å². The van der Waals surface area contributed by atoms with Gasteiger partial charge in [-0.2, -0.15) is 5.26 Å². The third-order valence-electron chi connectivity index (χ3n) is 2.45. The van der Waals surface area contributed by atoms with Crippen LogP contribution in [0.25, 0.3) is 0 Å². The molecule has 0 spiro atoms. The molecule has 0 aliphatic carbocycles. The lowest BCUT2D eigenvalue weighted by Gasteiger charge is -2.14. The quantitative estimate of drug-likeness (QED) is 0.680. The van der Waals surface area contributed by atoms with Crippen LogP contribution in [0.2, 0.25) is 0 Å². The molecular weight excluding hydrogens is 264 g/mol. The fourth-order valence-corrected chi connectivity index (χ4v) is 1.39. The predicted molar refractivity (Wildman–Crippen MR) is 58.8 cm³/mol. The van der Waals surface area contributed by atoms with Crippen molar-refractivity contribution in [3.8, 4) is 6.07 Å². The second kappa shape index (κ2) is 5.69. The molecule has 1 atom stereocenters. The van der Waals surface area contributed by atoms with Gasteiger partial charge in [0.25, 0.3) is 0 Å². The highest BCUT2D eigenvalue weighted by Gasteiger charge is 2.26.